The van der Waals surface area contributed by atoms with Crippen molar-refractivity contribution in [1.82, 2.24) is 5.32 Å². The molecule has 0 atom stereocenters. The molecule has 0 fully saturated rings. The maximum absolute atomic E-state index is 3.40. The number of hydrogen-bond acceptors (Lipinski definition) is 1. The van der Waals surface area contributed by atoms with Gasteiger partial charge in [0.1, 0.15) is 0 Å². The molecule has 1 rings (SSSR count). The summed E-state index contributed by atoms with van der Waals surface area (Å²) < 4.78 is 0. The lowest BCUT2D eigenvalue weighted by atomic mass is 10.1. The van der Waals surface area contributed by atoms with E-state index in [9.17, 15) is 0 Å². The van der Waals surface area contributed by atoms with Gasteiger partial charge < -0.3 is 5.32 Å². The average molecular weight is 260 g/mol. The highest BCUT2D eigenvalue weighted by atomic mass is 14.8. The Morgan fingerprint density at radius 1 is 0.842 bits per heavy atom. The van der Waals surface area contributed by atoms with Gasteiger partial charge in [-0.2, -0.15) is 0 Å². The van der Waals surface area contributed by atoms with Crippen molar-refractivity contribution >= 4 is 0 Å². The van der Waals surface area contributed by atoms with Crippen molar-refractivity contribution in [2.24, 2.45) is 0 Å². The highest BCUT2D eigenvalue weighted by Gasteiger charge is 1.93. The highest BCUT2D eigenvalue weighted by molar-refractivity contribution is 5.14. The van der Waals surface area contributed by atoms with Gasteiger partial charge >= 0.3 is 0 Å². The normalized spacial score (nSPS) is 10.8. The molecule has 1 N–H and O–H groups in total. The Morgan fingerprint density at radius 2 is 1.47 bits per heavy atom. The van der Waals surface area contributed by atoms with Gasteiger partial charge in [-0.25, -0.2) is 0 Å². The zero-order valence-corrected chi connectivity index (χ0v) is 12.5. The SMILES string of the molecule is CCCCCCCCCC[CH]NCc1ccccc1. The molecule has 1 radical (unpaired) electrons. The molecule has 0 amide bonds. The number of rotatable bonds is 12. The second kappa shape index (κ2) is 12.2. The summed E-state index contributed by atoms with van der Waals surface area (Å²) in [5.41, 5.74) is 1.36. The molecule has 1 aromatic rings. The van der Waals surface area contributed by atoms with Crippen LogP contribution in [0.4, 0.5) is 0 Å². The first kappa shape index (κ1) is 16.2. The van der Waals surface area contributed by atoms with Gasteiger partial charge in [-0.3, -0.25) is 0 Å². The standard InChI is InChI=1S/C18H30N/c1-2-3-4-5-6-7-8-9-13-16-19-17-18-14-11-10-12-15-18/h10-12,14-16,19H,2-9,13,17H2,1H3. The van der Waals surface area contributed by atoms with Crippen molar-refractivity contribution < 1.29 is 0 Å². The predicted octanol–water partition coefficient (Wildman–Crippen LogP) is 5.47. The molecule has 19 heavy (non-hydrogen) atoms. The van der Waals surface area contributed by atoms with Gasteiger partial charge in [0.05, 0.1) is 0 Å². The lowest BCUT2D eigenvalue weighted by molar-refractivity contribution is 0.567. The fraction of sp³-hybridized carbons (Fsp3) is 0.611. The maximum Gasteiger partial charge on any atom is 0.0224 e. The second-order valence-corrected chi connectivity index (χ2v) is 5.33. The quantitative estimate of drug-likeness (QED) is 0.491. The summed E-state index contributed by atoms with van der Waals surface area (Å²) in [7, 11) is 0. The lowest BCUT2D eigenvalue weighted by Crippen LogP contribution is -2.09. The van der Waals surface area contributed by atoms with Crippen LogP contribution in [0, 0.1) is 6.54 Å². The van der Waals surface area contributed by atoms with Gasteiger partial charge in [0.25, 0.3) is 0 Å². The van der Waals surface area contributed by atoms with Crippen molar-refractivity contribution in [2.75, 3.05) is 0 Å². The van der Waals surface area contributed by atoms with Crippen LogP contribution in [-0.4, -0.2) is 0 Å². The Labute approximate surface area is 119 Å². The first-order valence-corrected chi connectivity index (χ1v) is 8.02. The van der Waals surface area contributed by atoms with Crippen LogP contribution in [0.3, 0.4) is 0 Å². The average Bonchev–Trinajstić information content (AvgIpc) is 2.46. The molecule has 0 aliphatic rings. The summed E-state index contributed by atoms with van der Waals surface area (Å²) in [6.45, 7) is 5.46. The molecule has 0 unspecified atom stereocenters. The Kier molecular flexibility index (Phi) is 10.4. The predicted molar refractivity (Wildman–Crippen MR) is 84.8 cm³/mol. The third kappa shape index (κ3) is 9.72. The van der Waals surface area contributed by atoms with Crippen molar-refractivity contribution in [3.8, 4) is 0 Å². The molecule has 0 aliphatic carbocycles. The zero-order valence-electron chi connectivity index (χ0n) is 12.5. The first-order chi connectivity index (χ1) is 9.43. The summed E-state index contributed by atoms with van der Waals surface area (Å²) in [4.78, 5) is 0. The molecule has 0 saturated heterocycles. The summed E-state index contributed by atoms with van der Waals surface area (Å²) in [6, 6.07) is 10.6. The maximum atomic E-state index is 3.40. The van der Waals surface area contributed by atoms with E-state index in [-0.39, 0.29) is 0 Å². The molecule has 0 spiro atoms. The number of benzene rings is 1. The second-order valence-electron chi connectivity index (χ2n) is 5.33. The molecular formula is C18H30N. The van der Waals surface area contributed by atoms with Gasteiger partial charge in [0.2, 0.25) is 0 Å². The molecule has 0 aliphatic heterocycles. The van der Waals surface area contributed by atoms with E-state index in [4.69, 9.17) is 0 Å². The first-order valence-electron chi connectivity index (χ1n) is 8.02. The van der Waals surface area contributed by atoms with E-state index in [2.05, 4.69) is 49.1 Å². The number of nitrogens with one attached hydrogen (secondary N) is 1. The molecule has 0 heterocycles. The summed E-state index contributed by atoms with van der Waals surface area (Å²) in [5.74, 6) is 0. The third-order valence-electron chi connectivity index (χ3n) is 3.50. The Morgan fingerprint density at radius 3 is 2.16 bits per heavy atom. The van der Waals surface area contributed by atoms with E-state index in [0.717, 1.165) is 6.54 Å². The van der Waals surface area contributed by atoms with Crippen LogP contribution >= 0.6 is 0 Å². The largest absolute Gasteiger partial charge is 0.308 e. The lowest BCUT2D eigenvalue weighted by Gasteiger charge is -2.04. The van der Waals surface area contributed by atoms with Crippen molar-refractivity contribution in [3.05, 3.63) is 42.4 Å². The van der Waals surface area contributed by atoms with Crippen LogP contribution < -0.4 is 5.32 Å². The van der Waals surface area contributed by atoms with Crippen LogP contribution in [0.15, 0.2) is 30.3 Å². The molecule has 1 nitrogen and oxygen atoms in total. The Balaban J connectivity index is 1.79. The van der Waals surface area contributed by atoms with Gasteiger partial charge in [0.15, 0.2) is 0 Å². The minimum atomic E-state index is 0.956. The van der Waals surface area contributed by atoms with E-state index in [1.807, 2.05) is 0 Å². The van der Waals surface area contributed by atoms with Crippen LogP contribution in [-0.2, 0) is 6.54 Å². The molecule has 1 heteroatoms. The van der Waals surface area contributed by atoms with Gasteiger partial charge in [-0.1, -0.05) is 88.6 Å². The highest BCUT2D eigenvalue weighted by Crippen LogP contribution is 2.09. The van der Waals surface area contributed by atoms with E-state index >= 15 is 0 Å². The fourth-order valence-electron chi connectivity index (χ4n) is 2.27. The topological polar surface area (TPSA) is 12.0 Å². The zero-order chi connectivity index (χ0) is 13.6. The smallest absolute Gasteiger partial charge is 0.0224 e. The molecule has 0 saturated carbocycles. The van der Waals surface area contributed by atoms with Gasteiger partial charge in [-0.15, -0.1) is 0 Å². The van der Waals surface area contributed by atoms with E-state index in [1.165, 1.54) is 63.4 Å². The fourth-order valence-corrected chi connectivity index (χ4v) is 2.27. The molecule has 0 aromatic heterocycles. The summed E-state index contributed by atoms with van der Waals surface area (Å²) >= 11 is 0. The van der Waals surface area contributed by atoms with Crippen molar-refractivity contribution in [2.45, 2.75) is 71.3 Å². The van der Waals surface area contributed by atoms with Crippen LogP contribution in [0.1, 0.15) is 70.3 Å². The third-order valence-corrected chi connectivity index (χ3v) is 3.50. The van der Waals surface area contributed by atoms with Crippen LogP contribution in [0.25, 0.3) is 0 Å². The molecule has 107 valence electrons. The van der Waals surface area contributed by atoms with Crippen molar-refractivity contribution in [3.63, 3.8) is 0 Å². The van der Waals surface area contributed by atoms with Gasteiger partial charge in [0, 0.05) is 13.1 Å². The van der Waals surface area contributed by atoms with Crippen LogP contribution in [0.5, 0.6) is 0 Å². The Hall–Kier alpha value is -0.820. The molecule has 1 aromatic carbocycles. The van der Waals surface area contributed by atoms with Gasteiger partial charge in [-0.05, 0) is 12.0 Å². The van der Waals surface area contributed by atoms with E-state index < -0.39 is 0 Å². The van der Waals surface area contributed by atoms with E-state index in [1.54, 1.807) is 0 Å². The minimum absolute atomic E-state index is 0.956. The number of hydrogen-bond donors (Lipinski definition) is 1. The van der Waals surface area contributed by atoms with Crippen molar-refractivity contribution in [1.29, 1.82) is 0 Å². The molecular weight excluding hydrogens is 230 g/mol. The molecule has 0 bridgehead atoms. The summed E-state index contributed by atoms with van der Waals surface area (Å²) in [5, 5.41) is 3.40. The van der Waals surface area contributed by atoms with Crippen LogP contribution in [0.2, 0.25) is 0 Å². The van der Waals surface area contributed by atoms with E-state index in [0.29, 0.717) is 0 Å². The Bertz CT molecular complexity index is 281. The number of unbranched alkanes of at least 4 members (excludes halogenated alkanes) is 8. The monoisotopic (exact) mass is 260 g/mol. The summed E-state index contributed by atoms with van der Waals surface area (Å²) in [6.07, 6.45) is 12.4. The minimum Gasteiger partial charge on any atom is -0.308 e.